The monoisotopic (exact) mass is 561 g/mol. The van der Waals surface area contributed by atoms with E-state index in [1.807, 2.05) is 27.8 Å². The molecule has 0 N–H and O–H groups in total. The Balaban J connectivity index is 1.41. The molecule has 7 nitrogen and oxygen atoms in total. The molecule has 2 aliphatic carbocycles. The maximum absolute atomic E-state index is 12.5. The van der Waals surface area contributed by atoms with Gasteiger partial charge >= 0.3 is 6.09 Å². The van der Waals surface area contributed by atoms with Gasteiger partial charge in [-0.2, -0.15) is 0 Å². The first-order valence-corrected chi connectivity index (χ1v) is 17.9. The molecular weight excluding hydrogens is 514 g/mol. The highest BCUT2D eigenvalue weighted by molar-refractivity contribution is 7.19. The Labute approximate surface area is 233 Å². The molecule has 0 radical (unpaired) electrons. The highest BCUT2D eigenvalue weighted by Gasteiger charge is 2.38. The van der Waals surface area contributed by atoms with Crippen LogP contribution in [0.2, 0.25) is 18.1 Å². The lowest BCUT2D eigenvalue weighted by atomic mass is 9.92. The number of aromatic nitrogens is 2. The van der Waals surface area contributed by atoms with Crippen molar-refractivity contribution in [2.45, 2.75) is 128 Å². The number of ether oxygens (including phenoxy) is 2. The van der Waals surface area contributed by atoms with Gasteiger partial charge in [-0.15, -0.1) is 11.3 Å². The molecular formula is C29H47N3O4SSi. The molecule has 0 bridgehead atoms. The number of thiophene rings is 1. The molecule has 2 aromatic rings. The summed E-state index contributed by atoms with van der Waals surface area (Å²) in [6, 6.07) is 0.172. The fourth-order valence-electron chi connectivity index (χ4n) is 5.28. The summed E-state index contributed by atoms with van der Waals surface area (Å²) in [7, 11) is 0.0862. The van der Waals surface area contributed by atoms with Gasteiger partial charge in [-0.05, 0) is 95.3 Å². The van der Waals surface area contributed by atoms with Crippen LogP contribution in [-0.2, 0) is 15.6 Å². The van der Waals surface area contributed by atoms with Crippen LogP contribution >= 0.6 is 11.3 Å². The number of nitrogens with zero attached hydrogens (tertiary/aromatic N) is 3. The summed E-state index contributed by atoms with van der Waals surface area (Å²) in [4.78, 5) is 26.0. The van der Waals surface area contributed by atoms with Gasteiger partial charge in [-0.25, -0.2) is 14.8 Å². The van der Waals surface area contributed by atoms with Crippen LogP contribution in [0.15, 0.2) is 6.33 Å². The summed E-state index contributed by atoms with van der Waals surface area (Å²) < 4.78 is 18.7. The minimum Gasteiger partial charge on any atom is -0.474 e. The minimum atomic E-state index is -1.76. The first-order chi connectivity index (χ1) is 17.7. The third kappa shape index (κ3) is 6.53. The van der Waals surface area contributed by atoms with Crippen LogP contribution in [0.4, 0.5) is 4.79 Å². The molecule has 1 saturated carbocycles. The van der Waals surface area contributed by atoms with E-state index in [0.717, 1.165) is 67.6 Å². The van der Waals surface area contributed by atoms with Crippen molar-refractivity contribution < 1.29 is 18.7 Å². The second kappa shape index (κ2) is 11.0. The van der Waals surface area contributed by atoms with Crippen molar-refractivity contribution in [3.63, 3.8) is 0 Å². The van der Waals surface area contributed by atoms with E-state index < -0.39 is 13.9 Å². The summed E-state index contributed by atoms with van der Waals surface area (Å²) in [6.07, 6.45) is 8.33. The molecule has 2 heterocycles. The lowest BCUT2D eigenvalue weighted by Crippen LogP contribution is -2.43. The smallest absolute Gasteiger partial charge is 0.410 e. The molecule has 0 aromatic carbocycles. The van der Waals surface area contributed by atoms with Gasteiger partial charge in [-0.1, -0.05) is 20.8 Å². The molecule has 2 aromatic heterocycles. The van der Waals surface area contributed by atoms with Gasteiger partial charge in [0.1, 0.15) is 22.9 Å². The van der Waals surface area contributed by atoms with E-state index in [2.05, 4.69) is 43.8 Å². The average molecular weight is 562 g/mol. The van der Waals surface area contributed by atoms with Crippen LogP contribution in [0.25, 0.3) is 10.2 Å². The predicted octanol–water partition coefficient (Wildman–Crippen LogP) is 7.69. The van der Waals surface area contributed by atoms with Gasteiger partial charge in [0.05, 0.1) is 5.39 Å². The van der Waals surface area contributed by atoms with Crippen LogP contribution in [-0.4, -0.2) is 60.7 Å². The number of rotatable bonds is 7. The number of hydrogen-bond acceptors (Lipinski definition) is 7. The molecule has 1 amide bonds. The van der Waals surface area contributed by atoms with Crippen LogP contribution in [0.1, 0.15) is 96.4 Å². The number of amides is 1. The van der Waals surface area contributed by atoms with Crippen molar-refractivity contribution in [1.82, 2.24) is 14.9 Å². The summed E-state index contributed by atoms with van der Waals surface area (Å²) in [5.41, 5.74) is 0.914. The number of fused-ring (bicyclic) bond motifs is 3. The molecule has 1 atom stereocenters. The molecule has 212 valence electrons. The number of aryl methyl sites for hydroxylation is 1. The van der Waals surface area contributed by atoms with Crippen molar-refractivity contribution in [2.24, 2.45) is 0 Å². The standard InChI is InChI=1S/C29H47N3O4SSi/c1-28(2,3)36-27(33)32(7)20-11-13-21(14-12-20)35-25-24-23-19(16-17-34-38(8,9)29(4,5)6)10-15-22(23)37-26(24)31-18-30-25/h18-21H,10-17H2,1-9H3/t19-,20-,21+/m0/s1. The van der Waals surface area contributed by atoms with Crippen molar-refractivity contribution in [1.29, 1.82) is 0 Å². The number of carbonyl (C=O) groups excluding carboxylic acids is 1. The third-order valence-electron chi connectivity index (χ3n) is 8.58. The maximum Gasteiger partial charge on any atom is 0.410 e. The molecule has 2 aliphatic rings. The Hall–Kier alpha value is -1.71. The van der Waals surface area contributed by atoms with E-state index in [0.29, 0.717) is 5.92 Å². The lowest BCUT2D eigenvalue weighted by Gasteiger charge is -2.36. The van der Waals surface area contributed by atoms with Gasteiger partial charge in [-0.3, -0.25) is 0 Å². The summed E-state index contributed by atoms with van der Waals surface area (Å²) in [6.45, 7) is 18.0. The molecule has 9 heteroatoms. The van der Waals surface area contributed by atoms with E-state index in [4.69, 9.17) is 13.9 Å². The fraction of sp³-hybridized carbons (Fsp3) is 0.759. The SMILES string of the molecule is CN(C(=O)OC(C)(C)C)[C@H]1CC[C@@H](Oc2ncnc3sc4c(c23)[C@H](CCO[Si](C)(C)C(C)(C)C)CC4)CC1. The first-order valence-electron chi connectivity index (χ1n) is 14.2. The molecule has 0 unspecified atom stereocenters. The van der Waals surface area contributed by atoms with E-state index in [1.54, 1.807) is 22.6 Å². The summed E-state index contributed by atoms with van der Waals surface area (Å²) in [5, 5.41) is 1.34. The minimum absolute atomic E-state index is 0.0914. The Morgan fingerprint density at radius 2 is 1.76 bits per heavy atom. The third-order valence-corrected chi connectivity index (χ3v) is 14.3. The van der Waals surface area contributed by atoms with Gasteiger partial charge in [0, 0.05) is 24.6 Å². The Morgan fingerprint density at radius 1 is 1.08 bits per heavy atom. The predicted molar refractivity (Wildman–Crippen MR) is 157 cm³/mol. The van der Waals surface area contributed by atoms with E-state index in [-0.39, 0.29) is 23.3 Å². The summed E-state index contributed by atoms with van der Waals surface area (Å²) in [5.74, 6) is 1.20. The molecule has 0 aliphatic heterocycles. The largest absolute Gasteiger partial charge is 0.474 e. The second-order valence-electron chi connectivity index (χ2n) is 13.6. The maximum atomic E-state index is 12.5. The molecule has 1 fully saturated rings. The zero-order valence-electron chi connectivity index (χ0n) is 24.8. The van der Waals surface area contributed by atoms with E-state index in [9.17, 15) is 4.79 Å². The quantitative estimate of drug-likeness (QED) is 0.323. The number of carbonyl (C=O) groups is 1. The molecule has 38 heavy (non-hydrogen) atoms. The van der Waals surface area contributed by atoms with Crippen LogP contribution in [0.5, 0.6) is 5.88 Å². The number of hydrogen-bond donors (Lipinski definition) is 0. The van der Waals surface area contributed by atoms with Crippen molar-refractivity contribution >= 4 is 36.0 Å². The Bertz CT molecular complexity index is 1130. The van der Waals surface area contributed by atoms with E-state index in [1.165, 1.54) is 10.4 Å². The Kier molecular flexibility index (Phi) is 8.51. The highest BCUT2D eigenvalue weighted by atomic mass is 32.1. The van der Waals surface area contributed by atoms with E-state index >= 15 is 0 Å². The average Bonchev–Trinajstić information content (AvgIpc) is 3.37. The van der Waals surface area contributed by atoms with Crippen LogP contribution in [0, 0.1) is 0 Å². The van der Waals surface area contributed by atoms with Crippen LogP contribution < -0.4 is 4.74 Å². The van der Waals surface area contributed by atoms with Gasteiger partial charge in [0.25, 0.3) is 0 Å². The molecule has 0 spiro atoms. The van der Waals surface area contributed by atoms with Crippen molar-refractivity contribution in [3.8, 4) is 5.88 Å². The molecule has 0 saturated heterocycles. The fourth-order valence-corrected chi connectivity index (χ4v) is 7.57. The first kappa shape index (κ1) is 29.3. The van der Waals surface area contributed by atoms with Crippen molar-refractivity contribution in [2.75, 3.05) is 13.7 Å². The Morgan fingerprint density at radius 3 is 2.39 bits per heavy atom. The lowest BCUT2D eigenvalue weighted by molar-refractivity contribution is 0.0137. The van der Waals surface area contributed by atoms with Gasteiger partial charge < -0.3 is 18.8 Å². The highest BCUT2D eigenvalue weighted by Crippen LogP contribution is 2.48. The van der Waals surface area contributed by atoms with Gasteiger partial charge in [0.2, 0.25) is 5.88 Å². The zero-order valence-corrected chi connectivity index (χ0v) is 26.7. The normalized spacial score (nSPS) is 22.4. The van der Waals surface area contributed by atoms with Crippen LogP contribution in [0.3, 0.4) is 0 Å². The topological polar surface area (TPSA) is 73.8 Å². The summed E-state index contributed by atoms with van der Waals surface area (Å²) >= 11 is 1.80. The molecule has 4 rings (SSSR count). The zero-order chi connectivity index (χ0) is 27.9. The van der Waals surface area contributed by atoms with Crippen molar-refractivity contribution in [3.05, 3.63) is 16.8 Å². The second-order valence-corrected chi connectivity index (χ2v) is 19.5. The van der Waals surface area contributed by atoms with Gasteiger partial charge in [0.15, 0.2) is 8.32 Å².